The minimum Gasteiger partial charge on any atom is -0.493 e. The molecule has 11 nitrogen and oxygen atoms in total. The topological polar surface area (TPSA) is 145 Å². The molecule has 3 amide bonds. The molecule has 0 saturated carbocycles. The zero-order valence-electron chi connectivity index (χ0n) is 17.1. The van der Waals surface area contributed by atoms with Gasteiger partial charge in [-0.25, -0.2) is 14.4 Å². The van der Waals surface area contributed by atoms with E-state index >= 15 is 0 Å². The van der Waals surface area contributed by atoms with Crippen molar-refractivity contribution >= 4 is 57.5 Å². The number of amides is 3. The fourth-order valence-corrected chi connectivity index (χ4v) is 3.50. The van der Waals surface area contributed by atoms with Gasteiger partial charge in [0.1, 0.15) is 16.5 Å². The molecule has 0 bridgehead atoms. The maximum atomic E-state index is 12.8. The molecule has 1 saturated heterocycles. The van der Waals surface area contributed by atoms with Crippen molar-refractivity contribution in [3.63, 3.8) is 0 Å². The van der Waals surface area contributed by atoms with E-state index < -0.39 is 30.5 Å². The number of imide groups is 1. The second kappa shape index (κ2) is 9.96. The van der Waals surface area contributed by atoms with Crippen LogP contribution in [0.15, 0.2) is 32.8 Å². The van der Waals surface area contributed by atoms with E-state index in [2.05, 4.69) is 26.0 Å². The largest absolute Gasteiger partial charge is 0.493 e. The molecule has 2 N–H and O–H groups in total. The number of hydrogen-bond acceptors (Lipinski definition) is 8. The highest BCUT2D eigenvalue weighted by molar-refractivity contribution is 9.10. The van der Waals surface area contributed by atoms with Gasteiger partial charge in [0.2, 0.25) is 5.76 Å². The van der Waals surface area contributed by atoms with Crippen LogP contribution in [-0.2, 0) is 20.9 Å². The van der Waals surface area contributed by atoms with Crippen molar-refractivity contribution < 1.29 is 42.9 Å². The van der Waals surface area contributed by atoms with Crippen LogP contribution < -0.4 is 14.8 Å². The second-order valence-electron chi connectivity index (χ2n) is 6.44. The van der Waals surface area contributed by atoms with Crippen LogP contribution in [0, 0.1) is 0 Å². The van der Waals surface area contributed by atoms with Crippen LogP contribution in [-0.4, -0.2) is 54.7 Å². The van der Waals surface area contributed by atoms with E-state index in [1.54, 1.807) is 0 Å². The summed E-state index contributed by atoms with van der Waals surface area (Å²) in [5, 5.41) is 11.3. The van der Waals surface area contributed by atoms with Crippen LogP contribution in [0.5, 0.6) is 11.5 Å². The molecule has 1 fully saturated rings. The predicted octanol–water partition coefficient (Wildman–Crippen LogP) is 3.05. The number of benzene rings is 1. The van der Waals surface area contributed by atoms with Crippen LogP contribution >= 0.6 is 27.5 Å². The molecule has 1 aliphatic rings. The Labute approximate surface area is 199 Å². The fraction of sp³-hybridized carbons (Fsp3) is 0.200. The van der Waals surface area contributed by atoms with Gasteiger partial charge in [-0.05, 0) is 45.8 Å². The summed E-state index contributed by atoms with van der Waals surface area (Å²) in [6.07, 6.45) is 1.36. The Balaban J connectivity index is 1.86. The van der Waals surface area contributed by atoms with Gasteiger partial charge < -0.3 is 29.1 Å². The van der Waals surface area contributed by atoms with Crippen LogP contribution in [0.25, 0.3) is 6.08 Å². The summed E-state index contributed by atoms with van der Waals surface area (Å²) in [4.78, 5) is 48.3. The normalized spacial score (nSPS) is 14.4. The molecule has 0 aliphatic carbocycles. The van der Waals surface area contributed by atoms with Gasteiger partial charge in [0.25, 0.3) is 5.91 Å². The zero-order chi connectivity index (χ0) is 24.3. The quantitative estimate of drug-likeness (QED) is 0.291. The first-order valence-electron chi connectivity index (χ1n) is 9.08. The Bertz CT molecular complexity index is 1170. The molecule has 1 aromatic heterocycles. The number of nitrogens with zero attached hydrogens (tertiary/aromatic N) is 1. The highest BCUT2D eigenvalue weighted by Gasteiger charge is 2.35. The number of nitrogens with one attached hydrogen (secondary N) is 1. The molecule has 13 heteroatoms. The van der Waals surface area contributed by atoms with Gasteiger partial charge in [-0.3, -0.25) is 9.69 Å². The minimum absolute atomic E-state index is 0.00164. The highest BCUT2D eigenvalue weighted by atomic mass is 79.9. The maximum Gasteiger partial charge on any atom is 0.373 e. The summed E-state index contributed by atoms with van der Waals surface area (Å²) in [6.45, 7) is -0.858. The molecule has 0 atom stereocenters. The molecule has 0 radical (unpaired) electrons. The number of furan rings is 1. The van der Waals surface area contributed by atoms with Crippen molar-refractivity contribution in [3.05, 3.63) is 50.5 Å². The van der Waals surface area contributed by atoms with Gasteiger partial charge in [-0.15, -0.1) is 0 Å². The predicted molar refractivity (Wildman–Crippen MR) is 116 cm³/mol. The van der Waals surface area contributed by atoms with E-state index in [0.29, 0.717) is 5.56 Å². The van der Waals surface area contributed by atoms with Crippen molar-refractivity contribution in [2.45, 2.75) is 6.54 Å². The first-order chi connectivity index (χ1) is 15.7. The number of halogens is 2. The molecule has 1 aromatic carbocycles. The molecule has 2 aromatic rings. The smallest absolute Gasteiger partial charge is 0.373 e. The van der Waals surface area contributed by atoms with Crippen LogP contribution in [0.2, 0.25) is 5.02 Å². The van der Waals surface area contributed by atoms with Gasteiger partial charge >= 0.3 is 18.0 Å². The Morgan fingerprint density at radius 2 is 2.03 bits per heavy atom. The molecular weight excluding hydrogens is 528 g/mol. The van der Waals surface area contributed by atoms with Gasteiger partial charge in [-0.1, -0.05) is 11.6 Å². The van der Waals surface area contributed by atoms with Crippen molar-refractivity contribution in [1.82, 2.24) is 10.2 Å². The molecule has 33 heavy (non-hydrogen) atoms. The van der Waals surface area contributed by atoms with E-state index in [1.165, 1.54) is 38.5 Å². The lowest BCUT2D eigenvalue weighted by Gasteiger charge is -2.14. The molecule has 0 spiro atoms. The monoisotopic (exact) mass is 542 g/mol. The van der Waals surface area contributed by atoms with Gasteiger partial charge in [-0.2, -0.15) is 0 Å². The van der Waals surface area contributed by atoms with Crippen LogP contribution in [0.3, 0.4) is 0 Å². The lowest BCUT2D eigenvalue weighted by atomic mass is 10.1. The Kier molecular flexibility index (Phi) is 7.29. The third-order valence-electron chi connectivity index (χ3n) is 4.34. The van der Waals surface area contributed by atoms with Crippen molar-refractivity contribution in [3.8, 4) is 11.5 Å². The summed E-state index contributed by atoms with van der Waals surface area (Å²) < 4.78 is 20.5. The standard InChI is InChI=1S/C20H16BrClN2O9/c1-30-13-6-9(15(21)16(22)17(13)32-8-14(25)26)5-11-18(27)24(20(29)23-11)7-10-3-4-12(33-10)19(28)31-2/h3-6H,7-8H2,1-2H3,(H,23,29)(H,25,26)/b11-5-. The van der Waals surface area contributed by atoms with Crippen molar-refractivity contribution in [2.75, 3.05) is 20.8 Å². The van der Waals surface area contributed by atoms with E-state index in [0.717, 1.165) is 4.90 Å². The number of carbonyl (C=O) groups excluding carboxylic acids is 3. The van der Waals surface area contributed by atoms with E-state index in [-0.39, 0.29) is 44.8 Å². The van der Waals surface area contributed by atoms with Crippen molar-refractivity contribution in [1.29, 1.82) is 0 Å². The average Bonchev–Trinajstić information content (AvgIpc) is 3.35. The number of carboxylic acids is 1. The SMILES string of the molecule is COC(=O)c1ccc(CN2C(=O)N/C(=C\c3cc(OC)c(OCC(=O)O)c(Cl)c3Br)C2=O)o1. The molecule has 2 heterocycles. The number of hydrogen-bond donors (Lipinski definition) is 2. The Morgan fingerprint density at radius 1 is 1.30 bits per heavy atom. The number of rotatable bonds is 8. The molecule has 1 aliphatic heterocycles. The Morgan fingerprint density at radius 3 is 2.67 bits per heavy atom. The second-order valence-corrected chi connectivity index (χ2v) is 7.62. The molecule has 174 valence electrons. The number of urea groups is 1. The number of methoxy groups -OCH3 is 2. The number of esters is 1. The van der Waals surface area contributed by atoms with E-state index in [9.17, 15) is 19.2 Å². The van der Waals surface area contributed by atoms with Crippen LogP contribution in [0.1, 0.15) is 21.9 Å². The Hall–Kier alpha value is -3.51. The minimum atomic E-state index is -1.20. The van der Waals surface area contributed by atoms with Crippen molar-refractivity contribution in [2.24, 2.45) is 0 Å². The van der Waals surface area contributed by atoms with Gasteiger partial charge in [0.05, 0.1) is 20.8 Å². The highest BCUT2D eigenvalue weighted by Crippen LogP contribution is 2.43. The number of ether oxygens (including phenoxy) is 3. The van der Waals surface area contributed by atoms with E-state index in [4.69, 9.17) is 30.6 Å². The maximum absolute atomic E-state index is 12.8. The summed E-state index contributed by atoms with van der Waals surface area (Å²) in [5.74, 6) is -2.29. The third-order valence-corrected chi connectivity index (χ3v) is 5.78. The van der Waals surface area contributed by atoms with Gasteiger partial charge in [0.15, 0.2) is 18.1 Å². The first-order valence-corrected chi connectivity index (χ1v) is 10.3. The summed E-state index contributed by atoms with van der Waals surface area (Å²) >= 11 is 9.57. The molecular formula is C20H16BrClN2O9. The third kappa shape index (κ3) is 5.12. The fourth-order valence-electron chi connectivity index (χ4n) is 2.83. The van der Waals surface area contributed by atoms with Gasteiger partial charge in [0, 0.05) is 4.47 Å². The number of aliphatic carboxylic acids is 1. The van der Waals surface area contributed by atoms with Crippen LogP contribution in [0.4, 0.5) is 4.79 Å². The zero-order valence-corrected chi connectivity index (χ0v) is 19.5. The number of carboxylic acid groups (broad SMARTS) is 1. The number of carbonyl (C=O) groups is 4. The molecule has 3 rings (SSSR count). The lowest BCUT2D eigenvalue weighted by molar-refractivity contribution is -0.139. The summed E-state index contributed by atoms with van der Waals surface area (Å²) in [7, 11) is 2.53. The molecule has 0 unspecified atom stereocenters. The lowest BCUT2D eigenvalue weighted by Crippen LogP contribution is -2.30. The average molecular weight is 544 g/mol. The summed E-state index contributed by atoms with van der Waals surface area (Å²) in [6, 6.07) is 3.58. The summed E-state index contributed by atoms with van der Waals surface area (Å²) in [5.41, 5.74) is 0.300. The first kappa shape index (κ1) is 24.1. The van der Waals surface area contributed by atoms with E-state index in [1.807, 2.05) is 0 Å².